The van der Waals surface area contributed by atoms with Gasteiger partial charge in [-0.05, 0) is 38.6 Å². The zero-order valence-corrected chi connectivity index (χ0v) is 11.8. The van der Waals surface area contributed by atoms with Crippen LogP contribution in [0, 0.1) is 5.41 Å². The molecule has 0 radical (unpaired) electrons. The molecule has 1 aliphatic heterocycles. The summed E-state index contributed by atoms with van der Waals surface area (Å²) in [6.07, 6.45) is 3.97. The molecule has 0 spiro atoms. The van der Waals surface area contributed by atoms with Gasteiger partial charge in [-0.1, -0.05) is 6.92 Å². The fourth-order valence-corrected chi connectivity index (χ4v) is 2.64. The fraction of sp³-hybridized carbons (Fsp3) is 0.571. The van der Waals surface area contributed by atoms with Crippen LogP contribution in [-0.2, 0) is 0 Å². The number of rotatable bonds is 3. The molecule has 1 aromatic heterocycles. The highest BCUT2D eigenvalue weighted by Gasteiger charge is 2.23. The van der Waals surface area contributed by atoms with Crippen LogP contribution in [0.25, 0.3) is 0 Å². The van der Waals surface area contributed by atoms with Gasteiger partial charge < -0.3 is 15.5 Å². The van der Waals surface area contributed by atoms with Crippen molar-refractivity contribution < 1.29 is 0 Å². The number of pyridine rings is 1. The minimum absolute atomic E-state index is 0.101. The third kappa shape index (κ3) is 3.23. The minimum atomic E-state index is 0.101. The number of hydrogen-bond acceptors (Lipinski definition) is 4. The number of aromatic nitrogens is 1. The van der Waals surface area contributed by atoms with Crippen molar-refractivity contribution in [2.75, 3.05) is 31.6 Å². The summed E-state index contributed by atoms with van der Waals surface area (Å²) < 4.78 is 0. The number of amidine groups is 1. The van der Waals surface area contributed by atoms with Gasteiger partial charge in [0.15, 0.2) is 0 Å². The van der Waals surface area contributed by atoms with E-state index in [2.05, 4.69) is 28.8 Å². The zero-order chi connectivity index (χ0) is 13.8. The van der Waals surface area contributed by atoms with Crippen LogP contribution in [0.3, 0.4) is 0 Å². The van der Waals surface area contributed by atoms with Crippen molar-refractivity contribution in [3.05, 3.63) is 23.9 Å². The number of nitrogen functional groups attached to an aromatic ring is 1. The van der Waals surface area contributed by atoms with Gasteiger partial charge in [-0.15, -0.1) is 0 Å². The molecule has 19 heavy (non-hydrogen) atoms. The van der Waals surface area contributed by atoms with Gasteiger partial charge in [0.2, 0.25) is 0 Å². The molecular formula is C14H23N5. The first kappa shape index (κ1) is 13.8. The summed E-state index contributed by atoms with van der Waals surface area (Å²) in [4.78, 5) is 9.20. The Morgan fingerprint density at radius 2 is 2.32 bits per heavy atom. The van der Waals surface area contributed by atoms with Gasteiger partial charge >= 0.3 is 0 Å². The molecule has 104 valence electrons. The normalized spacial score (nSPS) is 21.2. The lowest BCUT2D eigenvalue weighted by Crippen LogP contribution is -2.40. The van der Waals surface area contributed by atoms with Crippen LogP contribution in [0.4, 0.5) is 5.82 Å². The predicted octanol–water partition coefficient (Wildman–Crippen LogP) is 1.29. The summed E-state index contributed by atoms with van der Waals surface area (Å²) in [5.41, 5.74) is 6.31. The van der Waals surface area contributed by atoms with Crippen LogP contribution < -0.4 is 10.6 Å². The van der Waals surface area contributed by atoms with E-state index in [1.165, 1.54) is 0 Å². The van der Waals surface area contributed by atoms with Gasteiger partial charge in [-0.3, -0.25) is 5.41 Å². The van der Waals surface area contributed by atoms with E-state index in [0.29, 0.717) is 6.04 Å². The number of nitrogens with two attached hydrogens (primary N) is 1. The average Bonchev–Trinajstić information content (AvgIpc) is 2.60. The Balaban J connectivity index is 2.27. The molecule has 1 fully saturated rings. The molecule has 1 saturated heterocycles. The van der Waals surface area contributed by atoms with Crippen LogP contribution in [-0.4, -0.2) is 48.4 Å². The molecule has 0 aliphatic carbocycles. The molecule has 1 unspecified atom stereocenters. The molecule has 5 nitrogen and oxygen atoms in total. The topological polar surface area (TPSA) is 69.2 Å². The minimum Gasteiger partial charge on any atom is -0.384 e. The molecular weight excluding hydrogens is 238 g/mol. The van der Waals surface area contributed by atoms with Gasteiger partial charge in [-0.2, -0.15) is 0 Å². The Hall–Kier alpha value is -1.62. The average molecular weight is 261 g/mol. The van der Waals surface area contributed by atoms with Crippen LogP contribution in [0.5, 0.6) is 0 Å². The first-order valence-electron chi connectivity index (χ1n) is 6.87. The standard InChI is InChI=1S/C14H23N5/c1-3-12-10-18(2)7-4-8-19(12)13-9-11(14(15)16)5-6-17-13/h5-6,9,12H,3-4,7-8,10H2,1-2H3,(H3,15,16). The van der Waals surface area contributed by atoms with E-state index in [4.69, 9.17) is 11.1 Å². The first-order valence-corrected chi connectivity index (χ1v) is 6.87. The van der Waals surface area contributed by atoms with E-state index in [0.717, 1.165) is 43.9 Å². The lowest BCUT2D eigenvalue weighted by Gasteiger charge is -2.31. The van der Waals surface area contributed by atoms with Gasteiger partial charge in [0, 0.05) is 30.9 Å². The van der Waals surface area contributed by atoms with Crippen molar-refractivity contribution in [3.63, 3.8) is 0 Å². The molecule has 0 bridgehead atoms. The monoisotopic (exact) mass is 261 g/mol. The van der Waals surface area contributed by atoms with E-state index in [9.17, 15) is 0 Å². The van der Waals surface area contributed by atoms with E-state index in [1.54, 1.807) is 12.3 Å². The van der Waals surface area contributed by atoms with Gasteiger partial charge in [-0.25, -0.2) is 4.98 Å². The van der Waals surface area contributed by atoms with Crippen molar-refractivity contribution in [1.29, 1.82) is 5.41 Å². The Morgan fingerprint density at radius 3 is 3.00 bits per heavy atom. The summed E-state index contributed by atoms with van der Waals surface area (Å²) in [7, 11) is 2.17. The van der Waals surface area contributed by atoms with Crippen LogP contribution in [0.2, 0.25) is 0 Å². The van der Waals surface area contributed by atoms with Crippen molar-refractivity contribution in [1.82, 2.24) is 9.88 Å². The summed E-state index contributed by atoms with van der Waals surface area (Å²) in [6.45, 7) is 5.41. The molecule has 0 aromatic carbocycles. The van der Waals surface area contributed by atoms with E-state index >= 15 is 0 Å². The molecule has 1 atom stereocenters. The second-order valence-corrected chi connectivity index (χ2v) is 5.19. The molecule has 2 heterocycles. The maximum Gasteiger partial charge on any atom is 0.129 e. The Kier molecular flexibility index (Phi) is 4.37. The second-order valence-electron chi connectivity index (χ2n) is 5.19. The van der Waals surface area contributed by atoms with Crippen LogP contribution in [0.15, 0.2) is 18.3 Å². The van der Waals surface area contributed by atoms with Crippen molar-refractivity contribution in [3.8, 4) is 0 Å². The number of nitrogens with one attached hydrogen (secondary N) is 1. The first-order chi connectivity index (χ1) is 9.11. The number of nitrogens with zero attached hydrogens (tertiary/aromatic N) is 3. The smallest absolute Gasteiger partial charge is 0.129 e. The Morgan fingerprint density at radius 1 is 1.53 bits per heavy atom. The highest BCUT2D eigenvalue weighted by Crippen LogP contribution is 2.20. The zero-order valence-electron chi connectivity index (χ0n) is 11.8. The molecule has 2 rings (SSSR count). The van der Waals surface area contributed by atoms with Crippen molar-refractivity contribution >= 4 is 11.7 Å². The molecule has 3 N–H and O–H groups in total. The number of anilines is 1. The largest absolute Gasteiger partial charge is 0.384 e. The SMILES string of the molecule is CCC1CN(C)CCCN1c1cc(C(=N)N)ccn1. The maximum atomic E-state index is 7.54. The predicted molar refractivity (Wildman–Crippen MR) is 78.8 cm³/mol. The fourth-order valence-electron chi connectivity index (χ4n) is 2.64. The van der Waals surface area contributed by atoms with Crippen LogP contribution >= 0.6 is 0 Å². The lowest BCUT2D eigenvalue weighted by atomic mass is 10.1. The number of likely N-dealkylation sites (N-methyl/N-ethyl adjacent to an activating group) is 1. The van der Waals surface area contributed by atoms with Gasteiger partial charge in [0.25, 0.3) is 0 Å². The number of hydrogen-bond donors (Lipinski definition) is 2. The van der Waals surface area contributed by atoms with Crippen molar-refractivity contribution in [2.45, 2.75) is 25.8 Å². The summed E-state index contributed by atoms with van der Waals surface area (Å²) >= 11 is 0. The van der Waals surface area contributed by atoms with Gasteiger partial charge in [0.1, 0.15) is 11.7 Å². The summed E-state index contributed by atoms with van der Waals surface area (Å²) in [6, 6.07) is 4.19. The third-order valence-corrected chi connectivity index (χ3v) is 3.72. The van der Waals surface area contributed by atoms with E-state index in [-0.39, 0.29) is 5.84 Å². The third-order valence-electron chi connectivity index (χ3n) is 3.72. The summed E-state index contributed by atoms with van der Waals surface area (Å²) in [5.74, 6) is 1.04. The van der Waals surface area contributed by atoms with Crippen molar-refractivity contribution in [2.24, 2.45) is 5.73 Å². The lowest BCUT2D eigenvalue weighted by molar-refractivity contribution is 0.327. The molecule has 0 saturated carbocycles. The second kappa shape index (κ2) is 6.02. The Bertz CT molecular complexity index is 445. The molecule has 1 aliphatic rings. The van der Waals surface area contributed by atoms with E-state index in [1.807, 2.05) is 6.07 Å². The molecule has 1 aromatic rings. The quantitative estimate of drug-likeness (QED) is 0.635. The van der Waals surface area contributed by atoms with Gasteiger partial charge in [0.05, 0.1) is 0 Å². The maximum absolute atomic E-state index is 7.54. The van der Waals surface area contributed by atoms with E-state index < -0.39 is 0 Å². The van der Waals surface area contributed by atoms with Crippen LogP contribution in [0.1, 0.15) is 25.3 Å². The highest BCUT2D eigenvalue weighted by atomic mass is 15.3. The summed E-state index contributed by atoms with van der Waals surface area (Å²) in [5, 5.41) is 7.54. The molecule has 5 heteroatoms. The highest BCUT2D eigenvalue weighted by molar-refractivity contribution is 5.95. The molecule has 0 amide bonds. The Labute approximate surface area is 114 Å².